The predicted octanol–water partition coefficient (Wildman–Crippen LogP) is 2.80. The fourth-order valence-corrected chi connectivity index (χ4v) is 4.05. The van der Waals surface area contributed by atoms with Crippen LogP contribution in [0.3, 0.4) is 0 Å². The van der Waals surface area contributed by atoms with Crippen molar-refractivity contribution in [1.82, 2.24) is 5.43 Å². The molecule has 2 aromatic rings. The molecule has 1 aliphatic carbocycles. The number of methoxy groups -OCH3 is 1. The summed E-state index contributed by atoms with van der Waals surface area (Å²) in [5.74, 6) is 1.48. The molecule has 3 aliphatic rings. The number of carbonyl (C=O) groups is 1. The Kier molecular flexibility index (Phi) is 3.75. The molecule has 7 heteroatoms. The number of hydrazone groups is 1. The quantitative estimate of drug-likeness (QED) is 0.857. The molecule has 0 bridgehead atoms. The largest absolute Gasteiger partial charge is 0.507 e. The van der Waals surface area contributed by atoms with Crippen LogP contribution >= 0.6 is 0 Å². The lowest BCUT2D eigenvalue weighted by molar-refractivity contribution is -0.122. The average Bonchev–Trinajstić information content (AvgIpc) is 3.33. The van der Waals surface area contributed by atoms with Crippen molar-refractivity contribution in [1.29, 1.82) is 0 Å². The van der Waals surface area contributed by atoms with Crippen LogP contribution in [0.25, 0.3) is 5.57 Å². The van der Waals surface area contributed by atoms with E-state index in [2.05, 4.69) is 10.5 Å². The van der Waals surface area contributed by atoms with Gasteiger partial charge in [0.25, 0.3) is 0 Å². The minimum absolute atomic E-state index is 0.119. The Bertz CT molecular complexity index is 1040. The van der Waals surface area contributed by atoms with Crippen LogP contribution in [0.5, 0.6) is 23.0 Å². The minimum atomic E-state index is -0.371. The van der Waals surface area contributed by atoms with Crippen LogP contribution in [0, 0.1) is 5.92 Å². The zero-order valence-electron chi connectivity index (χ0n) is 15.1. The predicted molar refractivity (Wildman–Crippen MR) is 102 cm³/mol. The van der Waals surface area contributed by atoms with E-state index in [0.717, 1.165) is 11.1 Å². The lowest BCUT2D eigenvalue weighted by Gasteiger charge is -2.28. The second-order valence-electron chi connectivity index (χ2n) is 6.97. The third-order valence-corrected chi connectivity index (χ3v) is 5.44. The van der Waals surface area contributed by atoms with Crippen molar-refractivity contribution in [3.05, 3.63) is 53.6 Å². The van der Waals surface area contributed by atoms with Crippen molar-refractivity contribution in [3.8, 4) is 23.0 Å². The van der Waals surface area contributed by atoms with Gasteiger partial charge in [-0.3, -0.25) is 4.79 Å². The molecule has 0 saturated heterocycles. The summed E-state index contributed by atoms with van der Waals surface area (Å²) in [6.45, 7) is 0.199. The molecule has 2 aliphatic heterocycles. The van der Waals surface area contributed by atoms with Crippen LogP contribution in [-0.2, 0) is 4.79 Å². The fraction of sp³-hybridized carbons (Fsp3) is 0.238. The highest BCUT2D eigenvalue weighted by molar-refractivity contribution is 6.17. The molecule has 0 saturated carbocycles. The summed E-state index contributed by atoms with van der Waals surface area (Å²) in [5, 5.41) is 14.7. The van der Waals surface area contributed by atoms with Crippen molar-refractivity contribution >= 4 is 17.2 Å². The Balaban J connectivity index is 1.56. The molecule has 2 N–H and O–H groups in total. The zero-order chi connectivity index (χ0) is 19.3. The number of aromatic hydroxyl groups is 1. The standard InChI is InChI=1S/C21H18N2O5/c1-26-13-3-4-14(17(24)9-13)12-6-15(20-16(7-12)22-23-21(20)25)11-2-5-18-19(8-11)28-10-27-18/h2-5,7-9,15,20,24H,6,10H2,1H3,(H,23,25). The monoisotopic (exact) mass is 378 g/mol. The molecule has 2 heterocycles. The van der Waals surface area contributed by atoms with Crippen LogP contribution in [0.1, 0.15) is 23.5 Å². The van der Waals surface area contributed by atoms with E-state index in [4.69, 9.17) is 14.2 Å². The van der Waals surface area contributed by atoms with Gasteiger partial charge in [0, 0.05) is 17.5 Å². The number of allylic oxidation sites excluding steroid dienone is 2. The van der Waals surface area contributed by atoms with Gasteiger partial charge >= 0.3 is 0 Å². The number of ether oxygens (including phenoxy) is 3. The molecule has 2 atom stereocenters. The lowest BCUT2D eigenvalue weighted by Crippen LogP contribution is -2.31. The molecule has 28 heavy (non-hydrogen) atoms. The van der Waals surface area contributed by atoms with Gasteiger partial charge in [-0.1, -0.05) is 6.07 Å². The van der Waals surface area contributed by atoms with Crippen molar-refractivity contribution in [2.75, 3.05) is 13.9 Å². The summed E-state index contributed by atoms with van der Waals surface area (Å²) in [4.78, 5) is 12.4. The van der Waals surface area contributed by atoms with Crippen molar-refractivity contribution in [2.45, 2.75) is 12.3 Å². The Labute approximate surface area is 161 Å². The second-order valence-corrected chi connectivity index (χ2v) is 6.97. The number of nitrogens with zero attached hydrogens (tertiary/aromatic N) is 1. The normalized spacial score (nSPS) is 22.2. The first kappa shape index (κ1) is 16.7. The molecular formula is C21H18N2O5. The molecule has 7 nitrogen and oxygen atoms in total. The maximum atomic E-state index is 12.4. The van der Waals surface area contributed by atoms with Crippen molar-refractivity contribution < 1.29 is 24.1 Å². The van der Waals surface area contributed by atoms with Crippen LogP contribution < -0.4 is 19.6 Å². The molecular weight excluding hydrogens is 360 g/mol. The highest BCUT2D eigenvalue weighted by Gasteiger charge is 2.41. The van der Waals surface area contributed by atoms with Gasteiger partial charge in [0.1, 0.15) is 11.5 Å². The molecule has 2 unspecified atom stereocenters. The Hall–Kier alpha value is -3.48. The first-order chi connectivity index (χ1) is 13.6. The zero-order valence-corrected chi connectivity index (χ0v) is 15.1. The van der Waals surface area contributed by atoms with E-state index < -0.39 is 0 Å². The summed E-state index contributed by atoms with van der Waals surface area (Å²) in [7, 11) is 1.55. The van der Waals surface area contributed by atoms with Crippen LogP contribution in [0.2, 0.25) is 0 Å². The van der Waals surface area contributed by atoms with Crippen LogP contribution in [0.4, 0.5) is 0 Å². The summed E-state index contributed by atoms with van der Waals surface area (Å²) >= 11 is 0. The number of benzene rings is 2. The Morgan fingerprint density at radius 2 is 2.04 bits per heavy atom. The SMILES string of the molecule is COc1ccc(C2=CC3=NNC(=O)C3C(c3ccc4c(c3)OCO4)C2)c(O)c1. The lowest BCUT2D eigenvalue weighted by atomic mass is 9.73. The topological polar surface area (TPSA) is 89.4 Å². The summed E-state index contributed by atoms with van der Waals surface area (Å²) in [5.41, 5.74) is 5.84. The fourth-order valence-electron chi connectivity index (χ4n) is 4.05. The van der Waals surface area contributed by atoms with Gasteiger partial charge in [-0.15, -0.1) is 0 Å². The molecule has 5 rings (SSSR count). The Morgan fingerprint density at radius 1 is 1.18 bits per heavy atom. The molecule has 0 fully saturated rings. The van der Waals surface area contributed by atoms with Crippen LogP contribution in [-0.4, -0.2) is 30.6 Å². The maximum absolute atomic E-state index is 12.4. The van der Waals surface area contributed by atoms with Gasteiger partial charge in [-0.05, 0) is 47.9 Å². The molecule has 1 amide bonds. The number of nitrogens with one attached hydrogen (secondary N) is 1. The highest BCUT2D eigenvalue weighted by atomic mass is 16.7. The minimum Gasteiger partial charge on any atom is -0.507 e. The summed E-state index contributed by atoms with van der Waals surface area (Å²) < 4.78 is 16.1. The van der Waals surface area contributed by atoms with E-state index in [1.165, 1.54) is 0 Å². The van der Waals surface area contributed by atoms with E-state index in [9.17, 15) is 9.90 Å². The molecule has 2 aromatic carbocycles. The number of fused-ring (bicyclic) bond motifs is 2. The third-order valence-electron chi connectivity index (χ3n) is 5.44. The van der Waals surface area contributed by atoms with E-state index in [1.807, 2.05) is 30.3 Å². The van der Waals surface area contributed by atoms with Crippen molar-refractivity contribution in [2.24, 2.45) is 11.0 Å². The number of carbonyl (C=O) groups excluding carboxylic acids is 1. The number of phenols is 1. The number of hydrogen-bond donors (Lipinski definition) is 2. The molecule has 0 aromatic heterocycles. The number of rotatable bonds is 3. The van der Waals surface area contributed by atoms with E-state index in [-0.39, 0.29) is 30.3 Å². The van der Waals surface area contributed by atoms with Gasteiger partial charge in [-0.2, -0.15) is 5.10 Å². The highest BCUT2D eigenvalue weighted by Crippen LogP contribution is 2.45. The average molecular weight is 378 g/mol. The first-order valence-electron chi connectivity index (χ1n) is 8.99. The van der Waals surface area contributed by atoms with Gasteiger partial charge in [0.15, 0.2) is 11.5 Å². The van der Waals surface area contributed by atoms with E-state index >= 15 is 0 Å². The number of amides is 1. The second kappa shape index (κ2) is 6.30. The maximum Gasteiger partial charge on any atom is 0.249 e. The first-order valence-corrected chi connectivity index (χ1v) is 8.99. The van der Waals surface area contributed by atoms with Crippen molar-refractivity contribution in [3.63, 3.8) is 0 Å². The Morgan fingerprint density at radius 3 is 2.86 bits per heavy atom. The van der Waals surface area contributed by atoms with E-state index in [1.54, 1.807) is 19.2 Å². The summed E-state index contributed by atoms with van der Waals surface area (Å²) in [6, 6.07) is 11.0. The van der Waals surface area contributed by atoms with Gasteiger partial charge in [0.2, 0.25) is 12.7 Å². The summed E-state index contributed by atoms with van der Waals surface area (Å²) in [6.07, 6.45) is 2.46. The number of phenolic OH excluding ortho intramolecular Hbond substituents is 1. The van der Waals surface area contributed by atoms with E-state index in [0.29, 0.717) is 34.9 Å². The number of hydrogen-bond acceptors (Lipinski definition) is 6. The smallest absolute Gasteiger partial charge is 0.249 e. The molecule has 142 valence electrons. The van der Waals surface area contributed by atoms with Crippen LogP contribution in [0.15, 0.2) is 47.6 Å². The molecule has 0 radical (unpaired) electrons. The van der Waals surface area contributed by atoms with Gasteiger partial charge in [-0.25, -0.2) is 5.43 Å². The molecule has 0 spiro atoms. The third kappa shape index (κ3) is 2.58. The van der Waals surface area contributed by atoms with Gasteiger partial charge < -0.3 is 19.3 Å². The van der Waals surface area contributed by atoms with Gasteiger partial charge in [0.05, 0.1) is 18.7 Å².